The number of hydrogen-bond acceptors (Lipinski definition) is 3. The second kappa shape index (κ2) is 7.17. The van der Waals surface area contributed by atoms with Crippen molar-refractivity contribution in [2.24, 2.45) is 5.92 Å². The summed E-state index contributed by atoms with van der Waals surface area (Å²) < 4.78 is 10.8. The van der Waals surface area contributed by atoms with Gasteiger partial charge in [0.15, 0.2) is 0 Å². The first-order chi connectivity index (χ1) is 8.13. The first-order valence-corrected chi connectivity index (χ1v) is 6.13. The maximum atomic E-state index is 5.64. The summed E-state index contributed by atoms with van der Waals surface area (Å²) in [5.74, 6) is 2.32. The molecule has 0 aliphatic carbocycles. The smallest absolute Gasteiger partial charge is 0.123 e. The van der Waals surface area contributed by atoms with Crippen molar-refractivity contribution in [1.29, 1.82) is 0 Å². The number of nitrogens with one attached hydrogen (secondary N) is 1. The van der Waals surface area contributed by atoms with Crippen molar-refractivity contribution in [3.05, 3.63) is 24.3 Å². The predicted molar refractivity (Wildman–Crippen MR) is 70.8 cm³/mol. The molecule has 17 heavy (non-hydrogen) atoms. The molecule has 1 atom stereocenters. The van der Waals surface area contributed by atoms with E-state index in [0.717, 1.165) is 18.0 Å². The Morgan fingerprint density at radius 3 is 2.53 bits per heavy atom. The van der Waals surface area contributed by atoms with Crippen LogP contribution in [0.5, 0.6) is 11.5 Å². The van der Waals surface area contributed by atoms with Gasteiger partial charge in [-0.15, -0.1) is 0 Å². The van der Waals surface area contributed by atoms with Crippen LogP contribution in [0.1, 0.15) is 20.8 Å². The summed E-state index contributed by atoms with van der Waals surface area (Å²) in [5.41, 5.74) is 0. The molecular weight excluding hydrogens is 214 g/mol. The zero-order valence-electron chi connectivity index (χ0n) is 11.2. The van der Waals surface area contributed by atoms with E-state index in [9.17, 15) is 0 Å². The Kier molecular flexibility index (Phi) is 5.84. The number of benzene rings is 1. The van der Waals surface area contributed by atoms with E-state index in [2.05, 4.69) is 26.1 Å². The van der Waals surface area contributed by atoms with Crippen LogP contribution in [0.25, 0.3) is 0 Å². The fourth-order valence-electron chi connectivity index (χ4n) is 1.38. The molecule has 1 N–H and O–H groups in total. The van der Waals surface area contributed by atoms with Gasteiger partial charge in [0, 0.05) is 18.7 Å². The van der Waals surface area contributed by atoms with Crippen LogP contribution in [0.15, 0.2) is 24.3 Å². The lowest BCUT2D eigenvalue weighted by Gasteiger charge is -2.17. The lowest BCUT2D eigenvalue weighted by Crippen LogP contribution is -2.33. The highest BCUT2D eigenvalue weighted by atomic mass is 16.5. The minimum absolute atomic E-state index is 0.518. The fourth-order valence-corrected chi connectivity index (χ4v) is 1.38. The lowest BCUT2D eigenvalue weighted by molar-refractivity contribution is 0.295. The Balaban J connectivity index is 2.26. The Bertz CT molecular complexity index is 326. The van der Waals surface area contributed by atoms with Gasteiger partial charge in [0.2, 0.25) is 0 Å². The van der Waals surface area contributed by atoms with Crippen molar-refractivity contribution < 1.29 is 9.47 Å². The summed E-state index contributed by atoms with van der Waals surface area (Å²) in [6, 6.07) is 8.19. The average Bonchev–Trinajstić information content (AvgIpc) is 2.34. The molecule has 0 bridgehead atoms. The van der Waals surface area contributed by atoms with Gasteiger partial charge in [-0.3, -0.25) is 0 Å². The highest BCUT2D eigenvalue weighted by Gasteiger charge is 2.05. The van der Waals surface area contributed by atoms with E-state index in [1.165, 1.54) is 0 Å². The van der Waals surface area contributed by atoms with Crippen LogP contribution in [-0.4, -0.2) is 26.3 Å². The standard InChI is InChI=1S/C14H23NO2/c1-11(2)12(3)15-8-9-17-14-7-5-6-13(10-14)16-4/h5-7,10-12,15H,8-9H2,1-4H3. The molecule has 96 valence electrons. The van der Waals surface area contributed by atoms with E-state index in [-0.39, 0.29) is 0 Å². The number of rotatable bonds is 7. The van der Waals surface area contributed by atoms with Gasteiger partial charge in [-0.1, -0.05) is 19.9 Å². The molecule has 0 spiro atoms. The van der Waals surface area contributed by atoms with E-state index < -0.39 is 0 Å². The first kappa shape index (κ1) is 13.8. The number of methoxy groups -OCH3 is 1. The third-order valence-electron chi connectivity index (χ3n) is 2.88. The molecule has 0 aliphatic rings. The lowest BCUT2D eigenvalue weighted by atomic mass is 10.1. The Morgan fingerprint density at radius 1 is 1.18 bits per heavy atom. The van der Waals surface area contributed by atoms with Crippen LogP contribution < -0.4 is 14.8 Å². The van der Waals surface area contributed by atoms with E-state index in [1.807, 2.05) is 24.3 Å². The zero-order valence-corrected chi connectivity index (χ0v) is 11.2. The minimum Gasteiger partial charge on any atom is -0.497 e. The van der Waals surface area contributed by atoms with Crippen LogP contribution >= 0.6 is 0 Å². The summed E-state index contributed by atoms with van der Waals surface area (Å²) >= 11 is 0. The van der Waals surface area contributed by atoms with Gasteiger partial charge in [0.05, 0.1) is 7.11 Å². The van der Waals surface area contributed by atoms with Gasteiger partial charge in [-0.05, 0) is 25.0 Å². The number of hydrogen-bond donors (Lipinski definition) is 1. The van der Waals surface area contributed by atoms with Crippen molar-refractivity contribution in [2.45, 2.75) is 26.8 Å². The van der Waals surface area contributed by atoms with Crippen LogP contribution in [0, 0.1) is 5.92 Å². The van der Waals surface area contributed by atoms with E-state index >= 15 is 0 Å². The van der Waals surface area contributed by atoms with Gasteiger partial charge in [0.1, 0.15) is 18.1 Å². The van der Waals surface area contributed by atoms with Gasteiger partial charge >= 0.3 is 0 Å². The minimum atomic E-state index is 0.518. The van der Waals surface area contributed by atoms with Gasteiger partial charge < -0.3 is 14.8 Å². The summed E-state index contributed by atoms with van der Waals surface area (Å²) in [4.78, 5) is 0. The second-order valence-corrected chi connectivity index (χ2v) is 4.51. The molecule has 3 nitrogen and oxygen atoms in total. The molecule has 1 rings (SSSR count). The summed E-state index contributed by atoms with van der Waals surface area (Å²) in [5, 5.41) is 3.42. The second-order valence-electron chi connectivity index (χ2n) is 4.51. The van der Waals surface area contributed by atoms with Crippen LogP contribution in [0.2, 0.25) is 0 Å². The van der Waals surface area contributed by atoms with Crippen molar-refractivity contribution in [3.8, 4) is 11.5 Å². The SMILES string of the molecule is COc1cccc(OCCNC(C)C(C)C)c1. The van der Waals surface area contributed by atoms with Crippen molar-refractivity contribution in [3.63, 3.8) is 0 Å². The number of ether oxygens (including phenoxy) is 2. The molecule has 1 aromatic rings. The van der Waals surface area contributed by atoms with Crippen molar-refractivity contribution in [2.75, 3.05) is 20.3 Å². The first-order valence-electron chi connectivity index (χ1n) is 6.13. The van der Waals surface area contributed by atoms with Crippen molar-refractivity contribution in [1.82, 2.24) is 5.32 Å². The van der Waals surface area contributed by atoms with Crippen LogP contribution in [-0.2, 0) is 0 Å². The Hall–Kier alpha value is -1.22. The third-order valence-corrected chi connectivity index (χ3v) is 2.88. The molecule has 0 aromatic heterocycles. The maximum absolute atomic E-state index is 5.64. The quantitative estimate of drug-likeness (QED) is 0.740. The predicted octanol–water partition coefficient (Wildman–Crippen LogP) is 2.71. The van der Waals surface area contributed by atoms with Gasteiger partial charge in [-0.25, -0.2) is 0 Å². The Morgan fingerprint density at radius 2 is 1.88 bits per heavy atom. The maximum Gasteiger partial charge on any atom is 0.123 e. The molecule has 0 fully saturated rings. The molecule has 0 saturated heterocycles. The normalized spacial score (nSPS) is 12.5. The third kappa shape index (κ3) is 5.09. The fraction of sp³-hybridized carbons (Fsp3) is 0.571. The van der Waals surface area contributed by atoms with E-state index in [1.54, 1.807) is 7.11 Å². The molecule has 1 unspecified atom stereocenters. The molecule has 0 saturated carbocycles. The van der Waals surface area contributed by atoms with Crippen molar-refractivity contribution >= 4 is 0 Å². The van der Waals surface area contributed by atoms with Crippen LogP contribution in [0.4, 0.5) is 0 Å². The molecule has 0 heterocycles. The van der Waals surface area contributed by atoms with Gasteiger partial charge in [0.25, 0.3) is 0 Å². The highest BCUT2D eigenvalue weighted by Crippen LogP contribution is 2.18. The monoisotopic (exact) mass is 237 g/mol. The highest BCUT2D eigenvalue weighted by molar-refractivity contribution is 5.32. The summed E-state index contributed by atoms with van der Waals surface area (Å²) in [6.07, 6.45) is 0. The summed E-state index contributed by atoms with van der Waals surface area (Å²) in [6.45, 7) is 8.14. The van der Waals surface area contributed by atoms with Crippen LogP contribution in [0.3, 0.4) is 0 Å². The molecule has 1 aromatic carbocycles. The summed E-state index contributed by atoms with van der Waals surface area (Å²) in [7, 11) is 1.66. The van der Waals surface area contributed by atoms with Gasteiger partial charge in [-0.2, -0.15) is 0 Å². The topological polar surface area (TPSA) is 30.5 Å². The zero-order chi connectivity index (χ0) is 12.7. The Labute approximate surface area is 104 Å². The average molecular weight is 237 g/mol. The largest absolute Gasteiger partial charge is 0.497 e. The molecule has 0 radical (unpaired) electrons. The molecule has 0 aliphatic heterocycles. The molecule has 0 amide bonds. The van der Waals surface area contributed by atoms with E-state index in [0.29, 0.717) is 18.6 Å². The molecular formula is C14H23NO2. The molecule has 3 heteroatoms. The van der Waals surface area contributed by atoms with E-state index in [4.69, 9.17) is 9.47 Å².